The zero-order chi connectivity index (χ0) is 20.8. The van der Waals surface area contributed by atoms with Gasteiger partial charge in [-0.1, -0.05) is 0 Å². The molecule has 6 nitrogen and oxygen atoms in total. The summed E-state index contributed by atoms with van der Waals surface area (Å²) in [5, 5.41) is 12.3. The van der Waals surface area contributed by atoms with Crippen molar-refractivity contribution in [1.82, 2.24) is 4.90 Å². The van der Waals surface area contributed by atoms with Crippen LogP contribution in [0.15, 0.2) is 60.3 Å². The molecule has 3 rings (SSSR count). The van der Waals surface area contributed by atoms with Gasteiger partial charge in [-0.2, -0.15) is 5.26 Å². The molecule has 0 unspecified atom stereocenters. The van der Waals surface area contributed by atoms with Gasteiger partial charge in [0, 0.05) is 49.3 Å². The summed E-state index contributed by atoms with van der Waals surface area (Å²) in [6.07, 6.45) is 1.39. The number of amides is 1. The molecule has 2 aromatic rings. The molecule has 1 saturated heterocycles. The van der Waals surface area contributed by atoms with E-state index >= 15 is 0 Å². The van der Waals surface area contributed by atoms with E-state index in [0.717, 1.165) is 5.69 Å². The molecule has 0 radical (unpaired) electrons. The Labute approximate surface area is 168 Å². The van der Waals surface area contributed by atoms with Crippen molar-refractivity contribution in [3.05, 3.63) is 71.7 Å². The Morgan fingerprint density at radius 3 is 2.21 bits per heavy atom. The highest BCUT2D eigenvalue weighted by molar-refractivity contribution is 5.98. The molecule has 0 bridgehead atoms. The normalized spacial score (nSPS) is 14.3. The molecule has 1 aliphatic heterocycles. The lowest BCUT2D eigenvalue weighted by atomic mass is 10.1. The number of carbonyl (C=O) groups is 2. The van der Waals surface area contributed by atoms with Gasteiger partial charge in [0.15, 0.2) is 5.78 Å². The van der Waals surface area contributed by atoms with Crippen molar-refractivity contribution >= 4 is 23.1 Å². The number of halogens is 1. The van der Waals surface area contributed by atoms with Crippen LogP contribution in [0.2, 0.25) is 0 Å². The highest BCUT2D eigenvalue weighted by atomic mass is 19.1. The number of benzene rings is 2. The Balaban J connectivity index is 1.59. The summed E-state index contributed by atoms with van der Waals surface area (Å²) < 4.78 is 13.1. The maximum absolute atomic E-state index is 13.1. The molecule has 1 fully saturated rings. The molecule has 2 aromatic carbocycles. The van der Waals surface area contributed by atoms with Crippen LogP contribution in [0.3, 0.4) is 0 Å². The molecule has 1 heterocycles. The van der Waals surface area contributed by atoms with Gasteiger partial charge < -0.3 is 15.1 Å². The summed E-state index contributed by atoms with van der Waals surface area (Å²) in [4.78, 5) is 27.7. The summed E-state index contributed by atoms with van der Waals surface area (Å²) in [6, 6.07) is 15.0. The van der Waals surface area contributed by atoms with Gasteiger partial charge in [-0.05, 0) is 55.5 Å². The number of ketones is 1. The first kappa shape index (κ1) is 20.1. The van der Waals surface area contributed by atoms with E-state index in [4.69, 9.17) is 0 Å². The number of hydrogen-bond donors (Lipinski definition) is 1. The van der Waals surface area contributed by atoms with Gasteiger partial charge >= 0.3 is 0 Å². The summed E-state index contributed by atoms with van der Waals surface area (Å²) in [7, 11) is 0. The Bertz CT molecular complexity index is 954. The monoisotopic (exact) mass is 392 g/mol. The molecule has 0 aliphatic carbocycles. The average molecular weight is 392 g/mol. The van der Waals surface area contributed by atoms with E-state index < -0.39 is 0 Å². The van der Waals surface area contributed by atoms with E-state index in [1.165, 1.54) is 25.3 Å². The number of nitriles is 1. The topological polar surface area (TPSA) is 76.4 Å². The molecule has 1 N–H and O–H groups in total. The summed E-state index contributed by atoms with van der Waals surface area (Å²) in [5.74, 6) is -0.645. The van der Waals surface area contributed by atoms with Gasteiger partial charge in [-0.15, -0.1) is 0 Å². The van der Waals surface area contributed by atoms with Gasteiger partial charge in [0.2, 0.25) is 0 Å². The standard InChI is InChI=1S/C22H21FN4O2/c1-16(28)17-2-6-20(7-3-17)25-15-18(14-24)22(29)27-12-10-26(11-13-27)21-8-4-19(23)5-9-21/h2-9,15,25H,10-13H2,1H3/b18-15-. The third-order valence-corrected chi connectivity index (χ3v) is 4.78. The highest BCUT2D eigenvalue weighted by Crippen LogP contribution is 2.18. The fourth-order valence-electron chi connectivity index (χ4n) is 3.09. The van der Waals surface area contributed by atoms with E-state index in [-0.39, 0.29) is 23.1 Å². The van der Waals surface area contributed by atoms with Gasteiger partial charge in [-0.25, -0.2) is 4.39 Å². The van der Waals surface area contributed by atoms with E-state index in [1.54, 1.807) is 41.3 Å². The number of hydrogen-bond acceptors (Lipinski definition) is 5. The molecular formula is C22H21FN4O2. The molecule has 0 aromatic heterocycles. The van der Waals surface area contributed by atoms with Gasteiger partial charge in [0.1, 0.15) is 17.5 Å². The van der Waals surface area contributed by atoms with Crippen molar-refractivity contribution in [1.29, 1.82) is 5.26 Å². The van der Waals surface area contributed by atoms with Gasteiger partial charge in [-0.3, -0.25) is 9.59 Å². The second-order valence-corrected chi connectivity index (χ2v) is 6.70. The molecular weight excluding hydrogens is 371 g/mol. The second kappa shape index (κ2) is 9.02. The third-order valence-electron chi connectivity index (χ3n) is 4.78. The minimum Gasteiger partial charge on any atom is -0.368 e. The van der Waals surface area contributed by atoms with Crippen LogP contribution in [0.1, 0.15) is 17.3 Å². The molecule has 0 atom stereocenters. The maximum atomic E-state index is 13.1. The largest absolute Gasteiger partial charge is 0.368 e. The number of rotatable bonds is 5. The van der Waals surface area contributed by atoms with Crippen LogP contribution in [0.5, 0.6) is 0 Å². The van der Waals surface area contributed by atoms with E-state index in [9.17, 15) is 19.2 Å². The molecule has 0 saturated carbocycles. The minimum absolute atomic E-state index is 0.0101. The lowest BCUT2D eigenvalue weighted by Crippen LogP contribution is -2.49. The van der Waals surface area contributed by atoms with Crippen molar-refractivity contribution < 1.29 is 14.0 Å². The first-order valence-corrected chi connectivity index (χ1v) is 9.25. The quantitative estimate of drug-likeness (QED) is 0.480. The SMILES string of the molecule is CC(=O)c1ccc(N/C=C(/C#N)C(=O)N2CCN(c3ccc(F)cc3)CC2)cc1. The Morgan fingerprint density at radius 2 is 1.66 bits per heavy atom. The Hall–Kier alpha value is -3.66. The summed E-state index contributed by atoms with van der Waals surface area (Å²) >= 11 is 0. The fourth-order valence-corrected chi connectivity index (χ4v) is 3.09. The third kappa shape index (κ3) is 4.99. The average Bonchev–Trinajstić information content (AvgIpc) is 2.75. The molecule has 148 valence electrons. The van der Waals surface area contributed by atoms with Crippen molar-refractivity contribution in [2.24, 2.45) is 0 Å². The summed E-state index contributed by atoms with van der Waals surface area (Å²) in [6.45, 7) is 3.65. The second-order valence-electron chi connectivity index (χ2n) is 6.70. The van der Waals surface area contributed by atoms with Crippen LogP contribution in [-0.4, -0.2) is 42.8 Å². The van der Waals surface area contributed by atoms with E-state index in [0.29, 0.717) is 37.4 Å². The van der Waals surface area contributed by atoms with Crippen molar-refractivity contribution in [3.63, 3.8) is 0 Å². The minimum atomic E-state index is -0.334. The van der Waals surface area contributed by atoms with E-state index in [2.05, 4.69) is 10.2 Å². The Kier molecular flexibility index (Phi) is 6.25. The van der Waals surface area contributed by atoms with Crippen molar-refractivity contribution in [2.75, 3.05) is 36.4 Å². The zero-order valence-corrected chi connectivity index (χ0v) is 16.1. The highest BCUT2D eigenvalue weighted by Gasteiger charge is 2.23. The first-order chi connectivity index (χ1) is 14.0. The first-order valence-electron chi connectivity index (χ1n) is 9.25. The molecule has 7 heteroatoms. The van der Waals surface area contributed by atoms with Crippen molar-refractivity contribution in [3.8, 4) is 6.07 Å². The number of Topliss-reactive ketones (excluding diaryl/α,β-unsaturated/α-hetero) is 1. The number of piperazine rings is 1. The number of anilines is 2. The number of carbonyl (C=O) groups excluding carboxylic acids is 2. The smallest absolute Gasteiger partial charge is 0.266 e. The summed E-state index contributed by atoms with van der Waals surface area (Å²) in [5.41, 5.74) is 2.19. The van der Waals surface area contributed by atoms with Crippen LogP contribution in [-0.2, 0) is 4.79 Å². The predicted molar refractivity (Wildman–Crippen MR) is 109 cm³/mol. The predicted octanol–water partition coefficient (Wildman–Crippen LogP) is 3.20. The van der Waals surface area contributed by atoms with Gasteiger partial charge in [0.05, 0.1) is 0 Å². The van der Waals surface area contributed by atoms with Crippen LogP contribution < -0.4 is 10.2 Å². The molecule has 29 heavy (non-hydrogen) atoms. The Morgan fingerprint density at radius 1 is 1.03 bits per heavy atom. The molecule has 1 aliphatic rings. The maximum Gasteiger partial charge on any atom is 0.266 e. The van der Waals surface area contributed by atoms with Gasteiger partial charge in [0.25, 0.3) is 5.91 Å². The van der Waals surface area contributed by atoms with Crippen LogP contribution in [0.25, 0.3) is 0 Å². The number of nitrogens with one attached hydrogen (secondary N) is 1. The van der Waals surface area contributed by atoms with Crippen molar-refractivity contribution in [2.45, 2.75) is 6.92 Å². The van der Waals surface area contributed by atoms with Crippen LogP contribution in [0.4, 0.5) is 15.8 Å². The fraction of sp³-hybridized carbons (Fsp3) is 0.227. The van der Waals surface area contributed by atoms with Crippen LogP contribution >= 0.6 is 0 Å². The number of nitrogens with zero attached hydrogens (tertiary/aromatic N) is 3. The molecule has 0 spiro atoms. The zero-order valence-electron chi connectivity index (χ0n) is 16.1. The van der Waals surface area contributed by atoms with Crippen LogP contribution in [0, 0.1) is 17.1 Å². The van der Waals surface area contributed by atoms with E-state index in [1.807, 2.05) is 6.07 Å². The lowest BCUT2D eigenvalue weighted by molar-refractivity contribution is -0.127. The molecule has 1 amide bonds. The lowest BCUT2D eigenvalue weighted by Gasteiger charge is -2.36.